The van der Waals surface area contributed by atoms with E-state index < -0.39 is 0 Å². The molecule has 0 saturated heterocycles. The van der Waals surface area contributed by atoms with E-state index in [9.17, 15) is 0 Å². The summed E-state index contributed by atoms with van der Waals surface area (Å²) < 4.78 is 0. The van der Waals surface area contributed by atoms with Crippen molar-refractivity contribution in [3.63, 3.8) is 0 Å². The van der Waals surface area contributed by atoms with Crippen LogP contribution in [0.4, 0.5) is 0 Å². The van der Waals surface area contributed by atoms with Crippen molar-refractivity contribution in [2.45, 2.75) is 84.5 Å². The van der Waals surface area contributed by atoms with Crippen molar-refractivity contribution in [3.8, 4) is 0 Å². The molecular weight excluding hydrogens is 180 g/mol. The highest BCUT2D eigenvalue weighted by Gasteiger charge is 2.33. The first kappa shape index (κ1) is 11.5. The molecule has 2 aliphatic carbocycles. The van der Waals surface area contributed by atoms with Gasteiger partial charge in [-0.3, -0.25) is 0 Å². The molecule has 0 aromatic rings. The molecule has 88 valence electrons. The van der Waals surface area contributed by atoms with Crippen molar-refractivity contribution in [1.29, 1.82) is 0 Å². The zero-order valence-electron chi connectivity index (χ0n) is 10.8. The van der Waals surface area contributed by atoms with Crippen molar-refractivity contribution in [2.75, 3.05) is 0 Å². The van der Waals surface area contributed by atoms with Crippen molar-refractivity contribution >= 4 is 0 Å². The van der Waals surface area contributed by atoms with Gasteiger partial charge in [-0.15, -0.1) is 0 Å². The van der Waals surface area contributed by atoms with Crippen LogP contribution < -0.4 is 0 Å². The second-order valence-corrected chi connectivity index (χ2v) is 6.89. The molecule has 0 heterocycles. The Hall–Kier alpha value is 0. The van der Waals surface area contributed by atoms with E-state index in [0.29, 0.717) is 5.41 Å². The van der Waals surface area contributed by atoms with Gasteiger partial charge in [-0.2, -0.15) is 0 Å². The molecule has 2 fully saturated rings. The Bertz CT molecular complexity index is 192. The van der Waals surface area contributed by atoms with Gasteiger partial charge in [-0.1, -0.05) is 46.0 Å². The predicted octanol–water partition coefficient (Wildman–Crippen LogP) is 5.32. The molecule has 0 amide bonds. The Labute approximate surface area is 95.8 Å². The zero-order chi connectivity index (χ0) is 10.8. The van der Waals surface area contributed by atoms with Crippen LogP contribution in [0.1, 0.15) is 84.5 Å². The van der Waals surface area contributed by atoms with E-state index in [1.807, 2.05) is 0 Å². The third kappa shape index (κ3) is 2.98. The third-order valence-corrected chi connectivity index (χ3v) is 5.20. The summed E-state index contributed by atoms with van der Waals surface area (Å²) in [6.07, 6.45) is 16.5. The van der Waals surface area contributed by atoms with E-state index in [1.54, 1.807) is 0 Å². The lowest BCUT2D eigenvalue weighted by atomic mass is 9.69. The van der Waals surface area contributed by atoms with Gasteiger partial charge >= 0.3 is 0 Å². The maximum absolute atomic E-state index is 2.55. The summed E-state index contributed by atoms with van der Waals surface area (Å²) in [5.41, 5.74) is 1.43. The molecule has 0 atom stereocenters. The monoisotopic (exact) mass is 208 g/mol. The van der Waals surface area contributed by atoms with Gasteiger partial charge in [0, 0.05) is 0 Å². The van der Waals surface area contributed by atoms with Crippen LogP contribution in [-0.4, -0.2) is 0 Å². The number of hydrogen-bond acceptors (Lipinski definition) is 0. The van der Waals surface area contributed by atoms with Crippen LogP contribution in [0.3, 0.4) is 0 Å². The molecule has 0 heteroatoms. The molecule has 15 heavy (non-hydrogen) atoms. The van der Waals surface area contributed by atoms with E-state index in [1.165, 1.54) is 70.6 Å². The van der Waals surface area contributed by atoms with Gasteiger partial charge in [0.1, 0.15) is 0 Å². The van der Waals surface area contributed by atoms with Crippen molar-refractivity contribution in [2.24, 2.45) is 10.8 Å². The Morgan fingerprint density at radius 3 is 1.33 bits per heavy atom. The zero-order valence-corrected chi connectivity index (χ0v) is 10.8. The summed E-state index contributed by atoms with van der Waals surface area (Å²) in [5, 5.41) is 0. The lowest BCUT2D eigenvalue weighted by Gasteiger charge is -2.36. The van der Waals surface area contributed by atoms with Crippen LogP contribution in [0.15, 0.2) is 0 Å². The van der Waals surface area contributed by atoms with Gasteiger partial charge in [0.15, 0.2) is 0 Å². The molecule has 0 unspecified atom stereocenters. The standard InChI is InChI=1S/C15H28/c1-14(8-4-3-5-9-14)12-13-15(2)10-6-7-11-15/h3-13H2,1-2H3. The number of hydrogen-bond donors (Lipinski definition) is 0. The first-order valence-corrected chi connectivity index (χ1v) is 7.12. The molecule has 0 aromatic carbocycles. The van der Waals surface area contributed by atoms with Crippen LogP contribution in [-0.2, 0) is 0 Å². The topological polar surface area (TPSA) is 0 Å². The highest BCUT2D eigenvalue weighted by atomic mass is 14.4. The fourth-order valence-corrected chi connectivity index (χ4v) is 3.74. The highest BCUT2D eigenvalue weighted by Crippen LogP contribution is 2.47. The second-order valence-electron chi connectivity index (χ2n) is 6.89. The van der Waals surface area contributed by atoms with Crippen LogP contribution in [0.2, 0.25) is 0 Å². The normalized spacial score (nSPS) is 29.2. The lowest BCUT2D eigenvalue weighted by Crippen LogP contribution is -2.23. The average molecular weight is 208 g/mol. The third-order valence-electron chi connectivity index (χ3n) is 5.20. The van der Waals surface area contributed by atoms with Crippen LogP contribution >= 0.6 is 0 Å². The summed E-state index contributed by atoms with van der Waals surface area (Å²) in [6, 6.07) is 0. The average Bonchev–Trinajstić information content (AvgIpc) is 2.65. The maximum Gasteiger partial charge on any atom is -0.0326 e. The molecule has 0 nitrogen and oxygen atoms in total. The first-order valence-electron chi connectivity index (χ1n) is 7.12. The summed E-state index contributed by atoms with van der Waals surface area (Å²) in [4.78, 5) is 0. The van der Waals surface area contributed by atoms with E-state index in [4.69, 9.17) is 0 Å². The minimum Gasteiger partial charge on any atom is -0.0596 e. The lowest BCUT2D eigenvalue weighted by molar-refractivity contribution is 0.157. The van der Waals surface area contributed by atoms with Crippen molar-refractivity contribution in [1.82, 2.24) is 0 Å². The second kappa shape index (κ2) is 4.47. The molecule has 2 saturated carbocycles. The van der Waals surface area contributed by atoms with Gasteiger partial charge in [0.25, 0.3) is 0 Å². The van der Waals surface area contributed by atoms with Gasteiger partial charge in [-0.25, -0.2) is 0 Å². The van der Waals surface area contributed by atoms with Gasteiger partial charge < -0.3 is 0 Å². The fourth-order valence-electron chi connectivity index (χ4n) is 3.74. The Morgan fingerprint density at radius 2 is 0.933 bits per heavy atom. The highest BCUT2D eigenvalue weighted by molar-refractivity contribution is 4.85. The van der Waals surface area contributed by atoms with Gasteiger partial charge in [0.05, 0.1) is 0 Å². The molecule has 0 aliphatic heterocycles. The predicted molar refractivity (Wildman–Crippen MR) is 67.0 cm³/mol. The van der Waals surface area contributed by atoms with Gasteiger partial charge in [0.2, 0.25) is 0 Å². The Balaban J connectivity index is 1.80. The Morgan fingerprint density at radius 1 is 0.600 bits per heavy atom. The summed E-state index contributed by atoms with van der Waals surface area (Å²) >= 11 is 0. The molecule has 0 N–H and O–H groups in total. The van der Waals surface area contributed by atoms with Crippen molar-refractivity contribution in [3.05, 3.63) is 0 Å². The van der Waals surface area contributed by atoms with Crippen LogP contribution in [0, 0.1) is 10.8 Å². The summed E-state index contributed by atoms with van der Waals surface area (Å²) in [6.45, 7) is 5.08. The molecule has 0 bridgehead atoms. The van der Waals surface area contributed by atoms with Crippen LogP contribution in [0.5, 0.6) is 0 Å². The maximum atomic E-state index is 2.55. The molecule has 0 aromatic heterocycles. The molecular formula is C15H28. The quantitative estimate of drug-likeness (QED) is 0.589. The first-order chi connectivity index (χ1) is 7.12. The van der Waals surface area contributed by atoms with E-state index >= 15 is 0 Å². The Kier molecular flexibility index (Phi) is 3.42. The minimum atomic E-state index is 0.712. The van der Waals surface area contributed by atoms with E-state index in [0.717, 1.165) is 5.41 Å². The summed E-state index contributed by atoms with van der Waals surface area (Å²) in [5.74, 6) is 0. The van der Waals surface area contributed by atoms with Crippen molar-refractivity contribution < 1.29 is 0 Å². The SMILES string of the molecule is CC1(CCC2(C)CCCC2)CCCCC1. The van der Waals surface area contributed by atoms with Gasteiger partial charge in [-0.05, 0) is 49.4 Å². The smallest absolute Gasteiger partial charge is 0.0326 e. The minimum absolute atomic E-state index is 0.712. The molecule has 0 radical (unpaired) electrons. The molecule has 2 aliphatic rings. The fraction of sp³-hybridized carbons (Fsp3) is 1.00. The van der Waals surface area contributed by atoms with E-state index in [-0.39, 0.29) is 0 Å². The summed E-state index contributed by atoms with van der Waals surface area (Å²) in [7, 11) is 0. The number of rotatable bonds is 3. The van der Waals surface area contributed by atoms with Crippen LogP contribution in [0.25, 0.3) is 0 Å². The molecule has 2 rings (SSSR count). The molecule has 0 spiro atoms. The van der Waals surface area contributed by atoms with E-state index in [2.05, 4.69) is 13.8 Å². The largest absolute Gasteiger partial charge is 0.0596 e.